The van der Waals surface area contributed by atoms with Gasteiger partial charge in [0, 0.05) is 11.6 Å². The highest BCUT2D eigenvalue weighted by atomic mass is 16.5. The van der Waals surface area contributed by atoms with Gasteiger partial charge in [0.2, 0.25) is 0 Å². The van der Waals surface area contributed by atoms with E-state index < -0.39 is 5.97 Å². The van der Waals surface area contributed by atoms with Gasteiger partial charge in [0.25, 0.3) is 0 Å². The summed E-state index contributed by atoms with van der Waals surface area (Å²) in [5, 5.41) is 8.57. The Morgan fingerprint density at radius 3 is 2.44 bits per heavy atom. The Hall–Kier alpha value is -1.97. The van der Waals surface area contributed by atoms with Crippen LogP contribution in [0.1, 0.15) is 16.7 Å². The summed E-state index contributed by atoms with van der Waals surface area (Å²) in [5.41, 5.74) is 2.95. The molecule has 0 saturated heterocycles. The number of benzene rings is 1. The number of carbonyl (C=O) groups is 1. The van der Waals surface area contributed by atoms with Crippen molar-refractivity contribution in [1.29, 1.82) is 0 Å². The number of hydrogen-bond acceptors (Lipinski definition) is 3. The number of carboxylic acids is 1. The summed E-state index contributed by atoms with van der Waals surface area (Å²) in [4.78, 5) is 10.4. The van der Waals surface area contributed by atoms with Crippen LogP contribution >= 0.6 is 0 Å². The van der Waals surface area contributed by atoms with Crippen LogP contribution in [0, 0.1) is 13.8 Å². The van der Waals surface area contributed by atoms with Gasteiger partial charge in [-0.2, -0.15) is 0 Å². The van der Waals surface area contributed by atoms with Crippen molar-refractivity contribution in [3.8, 4) is 11.5 Å². The van der Waals surface area contributed by atoms with Crippen LogP contribution in [-0.2, 0) is 11.2 Å². The van der Waals surface area contributed by atoms with Crippen molar-refractivity contribution in [2.75, 3.05) is 14.2 Å². The molecule has 0 bridgehead atoms. The van der Waals surface area contributed by atoms with Gasteiger partial charge in [-0.15, -0.1) is 0 Å². The van der Waals surface area contributed by atoms with Gasteiger partial charge in [-0.3, -0.25) is 0 Å². The molecular weight excluding hydrogens is 232 g/mol. The summed E-state index contributed by atoms with van der Waals surface area (Å²) in [6, 6.07) is 1.88. The summed E-state index contributed by atoms with van der Waals surface area (Å²) in [6.07, 6.45) is 3.21. The van der Waals surface area contributed by atoms with E-state index in [0.717, 1.165) is 34.3 Å². The molecule has 0 aliphatic carbocycles. The normalized spacial score (nSPS) is 10.7. The smallest absolute Gasteiger partial charge is 0.327 e. The molecule has 0 aliphatic rings. The zero-order chi connectivity index (χ0) is 13.7. The monoisotopic (exact) mass is 250 g/mol. The molecule has 0 unspecified atom stereocenters. The van der Waals surface area contributed by atoms with Crippen molar-refractivity contribution in [2.24, 2.45) is 0 Å². The maximum atomic E-state index is 10.4. The van der Waals surface area contributed by atoms with Crippen LogP contribution in [0.2, 0.25) is 0 Å². The van der Waals surface area contributed by atoms with Crippen molar-refractivity contribution in [2.45, 2.75) is 20.3 Å². The third-order valence-corrected chi connectivity index (χ3v) is 2.89. The second-order valence-electron chi connectivity index (χ2n) is 3.97. The molecule has 0 spiro atoms. The van der Waals surface area contributed by atoms with Gasteiger partial charge in [-0.1, -0.05) is 6.08 Å². The first-order valence-electron chi connectivity index (χ1n) is 5.61. The molecule has 1 rings (SSSR count). The Labute approximate surface area is 107 Å². The van der Waals surface area contributed by atoms with E-state index in [9.17, 15) is 4.79 Å². The Bertz CT molecular complexity index is 475. The number of rotatable bonds is 5. The van der Waals surface area contributed by atoms with Crippen molar-refractivity contribution >= 4 is 5.97 Å². The predicted molar refractivity (Wildman–Crippen MR) is 69.5 cm³/mol. The summed E-state index contributed by atoms with van der Waals surface area (Å²) in [7, 11) is 3.23. The lowest BCUT2D eigenvalue weighted by Gasteiger charge is -2.15. The minimum atomic E-state index is -0.954. The second kappa shape index (κ2) is 6.10. The molecule has 98 valence electrons. The van der Waals surface area contributed by atoms with E-state index in [1.807, 2.05) is 19.9 Å². The molecule has 0 atom stereocenters. The number of carboxylic acid groups (broad SMARTS) is 1. The van der Waals surface area contributed by atoms with E-state index in [0.29, 0.717) is 6.42 Å². The number of methoxy groups -OCH3 is 2. The van der Waals surface area contributed by atoms with E-state index in [4.69, 9.17) is 14.6 Å². The summed E-state index contributed by atoms with van der Waals surface area (Å²) >= 11 is 0. The van der Waals surface area contributed by atoms with Crippen LogP contribution in [0.25, 0.3) is 0 Å². The highest BCUT2D eigenvalue weighted by molar-refractivity contribution is 5.79. The molecule has 1 aromatic rings. The standard InChI is InChI=1S/C14H18O4/c1-9-10(2)14(18-4)11(8-12(9)17-3)6-5-7-13(15)16/h5,7-8H,6H2,1-4H3,(H,15,16)/b7-5+. The van der Waals surface area contributed by atoms with Crippen LogP contribution in [0.15, 0.2) is 18.2 Å². The zero-order valence-corrected chi connectivity index (χ0v) is 11.1. The molecule has 0 saturated carbocycles. The van der Waals surface area contributed by atoms with Crippen LogP contribution in [0.5, 0.6) is 11.5 Å². The minimum absolute atomic E-state index is 0.493. The number of hydrogen-bond donors (Lipinski definition) is 1. The predicted octanol–water partition coefficient (Wildman–Crippen LogP) is 2.50. The molecule has 0 heterocycles. The van der Waals surface area contributed by atoms with E-state index in [2.05, 4.69) is 0 Å². The van der Waals surface area contributed by atoms with Gasteiger partial charge in [0.1, 0.15) is 11.5 Å². The lowest BCUT2D eigenvalue weighted by atomic mass is 10.0. The fourth-order valence-corrected chi connectivity index (χ4v) is 1.86. The quantitative estimate of drug-likeness (QED) is 0.816. The molecule has 0 fully saturated rings. The molecule has 4 nitrogen and oxygen atoms in total. The van der Waals surface area contributed by atoms with Crippen LogP contribution in [-0.4, -0.2) is 25.3 Å². The first-order valence-corrected chi connectivity index (χ1v) is 5.61. The number of allylic oxidation sites excluding steroid dienone is 1. The van der Waals surface area contributed by atoms with Crippen LogP contribution in [0.4, 0.5) is 0 Å². The molecule has 4 heteroatoms. The summed E-state index contributed by atoms with van der Waals surface area (Å²) in [6.45, 7) is 3.93. The van der Waals surface area contributed by atoms with Crippen molar-refractivity contribution < 1.29 is 19.4 Å². The maximum Gasteiger partial charge on any atom is 0.327 e. The largest absolute Gasteiger partial charge is 0.496 e. The van der Waals surface area contributed by atoms with Crippen molar-refractivity contribution in [1.82, 2.24) is 0 Å². The van der Waals surface area contributed by atoms with Gasteiger partial charge in [-0.05, 0) is 37.5 Å². The molecule has 0 aliphatic heterocycles. The third kappa shape index (κ3) is 3.03. The average molecular weight is 250 g/mol. The Kier molecular flexibility index (Phi) is 4.77. The maximum absolute atomic E-state index is 10.4. The highest BCUT2D eigenvalue weighted by Gasteiger charge is 2.12. The molecule has 18 heavy (non-hydrogen) atoms. The summed E-state index contributed by atoms with van der Waals surface area (Å²) < 4.78 is 10.7. The molecular formula is C14H18O4. The minimum Gasteiger partial charge on any atom is -0.496 e. The Morgan fingerprint density at radius 2 is 1.94 bits per heavy atom. The SMILES string of the molecule is COc1cc(C/C=C/C(=O)O)c(OC)c(C)c1C. The van der Waals surface area contributed by atoms with E-state index >= 15 is 0 Å². The van der Waals surface area contributed by atoms with Gasteiger partial charge in [0.15, 0.2) is 0 Å². The second-order valence-corrected chi connectivity index (χ2v) is 3.97. The Balaban J connectivity index is 3.16. The lowest BCUT2D eigenvalue weighted by Crippen LogP contribution is -1.99. The van der Waals surface area contributed by atoms with Crippen molar-refractivity contribution in [3.05, 3.63) is 34.9 Å². The van der Waals surface area contributed by atoms with E-state index in [1.165, 1.54) is 0 Å². The van der Waals surface area contributed by atoms with Gasteiger partial charge < -0.3 is 14.6 Å². The van der Waals surface area contributed by atoms with E-state index in [-0.39, 0.29) is 0 Å². The molecule has 1 N–H and O–H groups in total. The number of ether oxygens (including phenoxy) is 2. The first kappa shape index (κ1) is 14.1. The fourth-order valence-electron chi connectivity index (χ4n) is 1.86. The first-order chi connectivity index (χ1) is 8.51. The highest BCUT2D eigenvalue weighted by Crippen LogP contribution is 2.33. The van der Waals surface area contributed by atoms with Crippen LogP contribution < -0.4 is 9.47 Å². The van der Waals surface area contributed by atoms with Crippen LogP contribution in [0.3, 0.4) is 0 Å². The zero-order valence-electron chi connectivity index (χ0n) is 11.1. The van der Waals surface area contributed by atoms with E-state index in [1.54, 1.807) is 20.3 Å². The Morgan fingerprint density at radius 1 is 1.28 bits per heavy atom. The average Bonchev–Trinajstić information content (AvgIpc) is 2.33. The van der Waals surface area contributed by atoms with Gasteiger partial charge in [-0.25, -0.2) is 4.79 Å². The summed E-state index contributed by atoms with van der Waals surface area (Å²) in [5.74, 6) is 0.611. The number of aliphatic carboxylic acids is 1. The van der Waals surface area contributed by atoms with Gasteiger partial charge in [0.05, 0.1) is 14.2 Å². The molecule has 0 aromatic heterocycles. The van der Waals surface area contributed by atoms with Crippen molar-refractivity contribution in [3.63, 3.8) is 0 Å². The molecule has 0 amide bonds. The third-order valence-electron chi connectivity index (χ3n) is 2.89. The lowest BCUT2D eigenvalue weighted by molar-refractivity contribution is -0.131. The molecule has 0 radical (unpaired) electrons. The topological polar surface area (TPSA) is 55.8 Å². The van der Waals surface area contributed by atoms with Gasteiger partial charge >= 0.3 is 5.97 Å². The fraction of sp³-hybridized carbons (Fsp3) is 0.357. The molecule has 1 aromatic carbocycles.